The predicted octanol–water partition coefficient (Wildman–Crippen LogP) is 2.05. The Kier molecular flexibility index (Phi) is 8.97. The standard InChI is InChI=1S/C14H29NO4/c1-6-8-15-14(5,13(16)17)9-11(3)19-12(4)10-18-7-2/h11-12,15H,6-10H2,1-5H3,(H,16,17). The van der Waals surface area contributed by atoms with Crippen molar-refractivity contribution in [1.29, 1.82) is 0 Å². The van der Waals surface area contributed by atoms with Gasteiger partial charge in [-0.1, -0.05) is 6.92 Å². The number of carboxylic acid groups (broad SMARTS) is 1. The molecule has 5 nitrogen and oxygen atoms in total. The summed E-state index contributed by atoms with van der Waals surface area (Å²) in [5.41, 5.74) is -0.944. The van der Waals surface area contributed by atoms with Crippen molar-refractivity contribution in [2.75, 3.05) is 19.8 Å². The van der Waals surface area contributed by atoms with Gasteiger partial charge >= 0.3 is 5.97 Å². The molecule has 5 heteroatoms. The minimum atomic E-state index is -0.944. The van der Waals surface area contributed by atoms with E-state index < -0.39 is 11.5 Å². The van der Waals surface area contributed by atoms with Crippen LogP contribution >= 0.6 is 0 Å². The number of carboxylic acids is 1. The first-order valence-electron chi connectivity index (χ1n) is 7.07. The molecule has 0 bridgehead atoms. The van der Waals surface area contributed by atoms with Crippen molar-refractivity contribution in [3.8, 4) is 0 Å². The number of ether oxygens (including phenoxy) is 2. The van der Waals surface area contributed by atoms with Crippen LogP contribution in [0.2, 0.25) is 0 Å². The molecule has 0 aliphatic carbocycles. The molecule has 0 aromatic carbocycles. The molecule has 0 aliphatic heterocycles. The Hall–Kier alpha value is -0.650. The summed E-state index contributed by atoms with van der Waals surface area (Å²) < 4.78 is 11.0. The molecule has 114 valence electrons. The van der Waals surface area contributed by atoms with Crippen molar-refractivity contribution in [2.45, 2.75) is 65.2 Å². The number of hydrogen-bond acceptors (Lipinski definition) is 4. The van der Waals surface area contributed by atoms with E-state index in [1.165, 1.54) is 0 Å². The summed E-state index contributed by atoms with van der Waals surface area (Å²) in [6.45, 7) is 11.4. The lowest BCUT2D eigenvalue weighted by molar-refractivity contribution is -0.146. The molecule has 0 aromatic heterocycles. The van der Waals surface area contributed by atoms with Crippen molar-refractivity contribution >= 4 is 5.97 Å². The van der Waals surface area contributed by atoms with E-state index in [2.05, 4.69) is 5.32 Å². The molecule has 0 aliphatic rings. The molecular weight excluding hydrogens is 246 g/mol. The van der Waals surface area contributed by atoms with Gasteiger partial charge in [0, 0.05) is 13.0 Å². The fraction of sp³-hybridized carbons (Fsp3) is 0.929. The summed E-state index contributed by atoms with van der Waals surface area (Å²) in [5.74, 6) is -0.839. The largest absolute Gasteiger partial charge is 0.480 e. The summed E-state index contributed by atoms with van der Waals surface area (Å²) >= 11 is 0. The average Bonchev–Trinajstić information content (AvgIpc) is 2.33. The first-order valence-corrected chi connectivity index (χ1v) is 7.07. The Bertz CT molecular complexity index is 260. The second-order valence-electron chi connectivity index (χ2n) is 5.18. The van der Waals surface area contributed by atoms with E-state index in [0.29, 0.717) is 26.2 Å². The highest BCUT2D eigenvalue weighted by molar-refractivity contribution is 5.78. The zero-order valence-corrected chi connectivity index (χ0v) is 12.9. The van der Waals surface area contributed by atoms with Gasteiger partial charge in [-0.3, -0.25) is 4.79 Å². The van der Waals surface area contributed by atoms with Crippen LogP contribution in [0.5, 0.6) is 0 Å². The van der Waals surface area contributed by atoms with Gasteiger partial charge in [-0.15, -0.1) is 0 Å². The third-order valence-corrected chi connectivity index (χ3v) is 2.95. The van der Waals surface area contributed by atoms with Crippen molar-refractivity contribution in [3.05, 3.63) is 0 Å². The zero-order chi connectivity index (χ0) is 14.9. The monoisotopic (exact) mass is 275 g/mol. The van der Waals surface area contributed by atoms with E-state index in [1.807, 2.05) is 27.7 Å². The highest BCUT2D eigenvalue weighted by Gasteiger charge is 2.34. The number of rotatable bonds is 11. The minimum Gasteiger partial charge on any atom is -0.480 e. The highest BCUT2D eigenvalue weighted by atomic mass is 16.5. The molecule has 0 aromatic rings. The Morgan fingerprint density at radius 3 is 2.42 bits per heavy atom. The average molecular weight is 275 g/mol. The van der Waals surface area contributed by atoms with Gasteiger partial charge in [0.05, 0.1) is 18.8 Å². The van der Waals surface area contributed by atoms with Crippen LogP contribution in [0.3, 0.4) is 0 Å². The van der Waals surface area contributed by atoms with E-state index >= 15 is 0 Å². The van der Waals surface area contributed by atoms with Crippen LogP contribution in [0.25, 0.3) is 0 Å². The van der Waals surface area contributed by atoms with Crippen molar-refractivity contribution in [2.24, 2.45) is 0 Å². The molecule has 0 fully saturated rings. The molecule has 3 unspecified atom stereocenters. The Morgan fingerprint density at radius 1 is 1.32 bits per heavy atom. The van der Waals surface area contributed by atoms with Crippen LogP contribution in [0.1, 0.15) is 47.5 Å². The maximum atomic E-state index is 11.4. The van der Waals surface area contributed by atoms with Gasteiger partial charge < -0.3 is 19.9 Å². The fourth-order valence-electron chi connectivity index (χ4n) is 1.98. The quantitative estimate of drug-likeness (QED) is 0.604. The van der Waals surface area contributed by atoms with Gasteiger partial charge in [0.1, 0.15) is 5.54 Å². The Labute approximate surface area is 116 Å². The number of hydrogen-bond donors (Lipinski definition) is 2. The summed E-state index contributed by atoms with van der Waals surface area (Å²) in [7, 11) is 0. The molecule has 0 saturated heterocycles. The molecule has 0 saturated carbocycles. The van der Waals surface area contributed by atoms with Gasteiger partial charge in [0.25, 0.3) is 0 Å². The maximum Gasteiger partial charge on any atom is 0.323 e. The van der Waals surface area contributed by atoms with Crippen LogP contribution in [-0.4, -0.2) is 48.6 Å². The molecular formula is C14H29NO4. The molecule has 0 heterocycles. The van der Waals surface area contributed by atoms with Crippen molar-refractivity contribution < 1.29 is 19.4 Å². The Balaban J connectivity index is 4.30. The first kappa shape index (κ1) is 18.4. The number of nitrogens with one attached hydrogen (secondary N) is 1. The van der Waals surface area contributed by atoms with E-state index in [4.69, 9.17) is 9.47 Å². The summed E-state index contributed by atoms with van der Waals surface area (Å²) in [4.78, 5) is 11.4. The first-order chi connectivity index (χ1) is 8.85. The topological polar surface area (TPSA) is 67.8 Å². The van der Waals surface area contributed by atoms with Crippen LogP contribution in [0.15, 0.2) is 0 Å². The van der Waals surface area contributed by atoms with E-state index in [-0.39, 0.29) is 12.2 Å². The molecule has 2 N–H and O–H groups in total. The smallest absolute Gasteiger partial charge is 0.323 e. The lowest BCUT2D eigenvalue weighted by atomic mass is 9.94. The molecule has 0 spiro atoms. The lowest BCUT2D eigenvalue weighted by Crippen LogP contribution is -2.52. The minimum absolute atomic E-state index is 0.0285. The SMILES string of the molecule is CCCNC(C)(CC(C)OC(C)COCC)C(=O)O. The predicted molar refractivity (Wildman–Crippen MR) is 75.5 cm³/mol. The van der Waals surface area contributed by atoms with Gasteiger partial charge in [0.2, 0.25) is 0 Å². The molecule has 3 atom stereocenters. The fourth-order valence-corrected chi connectivity index (χ4v) is 1.98. The third kappa shape index (κ3) is 7.50. The summed E-state index contributed by atoms with van der Waals surface area (Å²) in [6.07, 6.45) is 1.16. The molecule has 0 rings (SSSR count). The molecule has 0 radical (unpaired) electrons. The lowest BCUT2D eigenvalue weighted by Gasteiger charge is -2.30. The van der Waals surface area contributed by atoms with E-state index in [1.54, 1.807) is 6.92 Å². The molecule has 19 heavy (non-hydrogen) atoms. The maximum absolute atomic E-state index is 11.4. The zero-order valence-electron chi connectivity index (χ0n) is 12.9. The Morgan fingerprint density at radius 2 is 1.95 bits per heavy atom. The summed E-state index contributed by atoms with van der Waals surface area (Å²) in [6, 6.07) is 0. The van der Waals surface area contributed by atoms with Gasteiger partial charge in [0.15, 0.2) is 0 Å². The molecule has 0 amide bonds. The van der Waals surface area contributed by atoms with Gasteiger partial charge in [-0.05, 0) is 40.7 Å². The van der Waals surface area contributed by atoms with Crippen LogP contribution < -0.4 is 5.32 Å². The van der Waals surface area contributed by atoms with Gasteiger partial charge in [-0.25, -0.2) is 0 Å². The van der Waals surface area contributed by atoms with E-state index in [0.717, 1.165) is 6.42 Å². The van der Waals surface area contributed by atoms with Crippen molar-refractivity contribution in [3.63, 3.8) is 0 Å². The van der Waals surface area contributed by atoms with E-state index in [9.17, 15) is 9.90 Å². The van der Waals surface area contributed by atoms with Crippen molar-refractivity contribution in [1.82, 2.24) is 5.32 Å². The highest BCUT2D eigenvalue weighted by Crippen LogP contribution is 2.16. The van der Waals surface area contributed by atoms with Crippen LogP contribution in [-0.2, 0) is 14.3 Å². The number of aliphatic carboxylic acids is 1. The normalized spacial score (nSPS) is 17.7. The van der Waals surface area contributed by atoms with Crippen LogP contribution in [0, 0.1) is 0 Å². The summed E-state index contributed by atoms with van der Waals surface area (Å²) in [5, 5.41) is 12.4. The van der Waals surface area contributed by atoms with Gasteiger partial charge in [-0.2, -0.15) is 0 Å². The number of carbonyl (C=O) groups is 1. The second-order valence-corrected chi connectivity index (χ2v) is 5.18. The second kappa shape index (κ2) is 9.28. The van der Waals surface area contributed by atoms with Crippen LogP contribution in [0.4, 0.5) is 0 Å². The third-order valence-electron chi connectivity index (χ3n) is 2.95.